The fourth-order valence-corrected chi connectivity index (χ4v) is 5.43. The number of hydrogen-bond acceptors (Lipinski definition) is 5. The molecule has 0 atom stereocenters. The van der Waals surface area contributed by atoms with Gasteiger partial charge in [-0.1, -0.05) is 25.7 Å². The van der Waals surface area contributed by atoms with Gasteiger partial charge in [0.2, 0.25) is 0 Å². The molecule has 2 saturated heterocycles. The third-order valence-corrected chi connectivity index (χ3v) is 6.91. The standard InChI is InChI=1S/C21H28N2O2S/c1-21(2)13-17-16(4-3-15-5-7-22-8-6-15)20(23-9-11-25-12-10-23)26-19(17)18(24)14-21/h15,22H,5-14H2,1-2H3. The van der Waals surface area contributed by atoms with Gasteiger partial charge in [0.1, 0.15) is 5.00 Å². The molecule has 0 amide bonds. The number of ketones is 1. The van der Waals surface area contributed by atoms with Gasteiger partial charge in [0.25, 0.3) is 0 Å². The van der Waals surface area contributed by atoms with Crippen LogP contribution in [0.2, 0.25) is 0 Å². The molecule has 0 bridgehead atoms. The second-order valence-corrected chi connectivity index (χ2v) is 9.42. The van der Waals surface area contributed by atoms with Crippen molar-refractivity contribution in [3.05, 3.63) is 16.0 Å². The molecule has 1 aromatic rings. The van der Waals surface area contributed by atoms with E-state index in [1.165, 1.54) is 10.6 Å². The Bertz CT molecular complexity index is 744. The minimum absolute atomic E-state index is 0.0264. The van der Waals surface area contributed by atoms with Crippen LogP contribution in [-0.2, 0) is 11.2 Å². The van der Waals surface area contributed by atoms with Gasteiger partial charge in [0.15, 0.2) is 5.78 Å². The summed E-state index contributed by atoms with van der Waals surface area (Å²) in [6.45, 7) is 9.80. The molecule has 1 N–H and O–H groups in total. The first-order valence-corrected chi connectivity index (χ1v) is 10.6. The van der Waals surface area contributed by atoms with Gasteiger partial charge in [-0.15, -0.1) is 11.3 Å². The van der Waals surface area contributed by atoms with E-state index in [2.05, 4.69) is 35.9 Å². The molecule has 0 radical (unpaired) electrons. The molecular formula is C21H28N2O2S. The third kappa shape index (κ3) is 3.69. The van der Waals surface area contributed by atoms with Crippen molar-refractivity contribution in [1.29, 1.82) is 0 Å². The molecule has 0 aromatic carbocycles. The summed E-state index contributed by atoms with van der Waals surface area (Å²) in [5.74, 6) is 7.85. The molecule has 2 aliphatic heterocycles. The average molecular weight is 373 g/mol. The Morgan fingerprint density at radius 2 is 1.92 bits per heavy atom. The number of nitrogens with one attached hydrogen (secondary N) is 1. The summed E-state index contributed by atoms with van der Waals surface area (Å²) in [4.78, 5) is 16.1. The van der Waals surface area contributed by atoms with Crippen LogP contribution >= 0.6 is 11.3 Å². The van der Waals surface area contributed by atoms with Gasteiger partial charge in [0.05, 0.1) is 23.7 Å². The lowest BCUT2D eigenvalue weighted by molar-refractivity contribution is 0.0917. The Labute approximate surface area is 160 Å². The summed E-state index contributed by atoms with van der Waals surface area (Å²) in [6.07, 6.45) is 3.84. The first-order chi connectivity index (χ1) is 12.5. The first kappa shape index (κ1) is 18.0. The highest BCUT2D eigenvalue weighted by Crippen LogP contribution is 2.44. The zero-order valence-electron chi connectivity index (χ0n) is 15.8. The Hall–Kier alpha value is -1.35. The molecule has 2 fully saturated rings. The molecule has 4 nitrogen and oxygen atoms in total. The number of hydrogen-bond donors (Lipinski definition) is 1. The van der Waals surface area contributed by atoms with E-state index >= 15 is 0 Å². The number of rotatable bonds is 1. The van der Waals surface area contributed by atoms with Crippen LogP contribution < -0.4 is 10.2 Å². The Morgan fingerprint density at radius 3 is 2.65 bits per heavy atom. The molecule has 3 aliphatic rings. The zero-order chi connectivity index (χ0) is 18.1. The van der Waals surface area contributed by atoms with Crippen molar-refractivity contribution in [2.45, 2.75) is 39.5 Å². The van der Waals surface area contributed by atoms with Gasteiger partial charge < -0.3 is 15.0 Å². The van der Waals surface area contributed by atoms with Crippen LogP contribution in [0, 0.1) is 23.2 Å². The summed E-state index contributed by atoms with van der Waals surface area (Å²) >= 11 is 1.67. The maximum Gasteiger partial charge on any atom is 0.173 e. The molecule has 1 aliphatic carbocycles. The Balaban J connectivity index is 1.73. The minimum Gasteiger partial charge on any atom is -0.378 e. The predicted octanol–water partition coefficient (Wildman–Crippen LogP) is 3.09. The fourth-order valence-electron chi connectivity index (χ4n) is 4.16. The monoisotopic (exact) mass is 372 g/mol. The average Bonchev–Trinajstić information content (AvgIpc) is 2.99. The van der Waals surface area contributed by atoms with Crippen molar-refractivity contribution in [2.24, 2.45) is 11.3 Å². The zero-order valence-corrected chi connectivity index (χ0v) is 16.6. The SMILES string of the molecule is CC1(C)CC(=O)c2sc(N3CCOCC3)c(C#CC3CCNCC3)c2C1. The fraction of sp³-hybridized carbons (Fsp3) is 0.667. The highest BCUT2D eigenvalue weighted by Gasteiger charge is 2.36. The van der Waals surface area contributed by atoms with Crippen molar-refractivity contribution in [2.75, 3.05) is 44.3 Å². The van der Waals surface area contributed by atoms with Gasteiger partial charge in [-0.05, 0) is 43.3 Å². The smallest absolute Gasteiger partial charge is 0.173 e. The predicted molar refractivity (Wildman–Crippen MR) is 106 cm³/mol. The Kier molecular flexibility index (Phi) is 5.09. The first-order valence-electron chi connectivity index (χ1n) is 9.77. The van der Waals surface area contributed by atoms with E-state index in [4.69, 9.17) is 4.74 Å². The van der Waals surface area contributed by atoms with E-state index < -0.39 is 0 Å². The maximum absolute atomic E-state index is 12.8. The topological polar surface area (TPSA) is 41.6 Å². The van der Waals surface area contributed by atoms with E-state index in [9.17, 15) is 4.79 Å². The summed E-state index contributed by atoms with van der Waals surface area (Å²) in [6, 6.07) is 0. The molecule has 26 heavy (non-hydrogen) atoms. The summed E-state index contributed by atoms with van der Waals surface area (Å²) < 4.78 is 5.53. The number of morpholine rings is 1. The second-order valence-electron chi connectivity index (χ2n) is 8.42. The van der Waals surface area contributed by atoms with Crippen molar-refractivity contribution >= 4 is 22.1 Å². The van der Waals surface area contributed by atoms with Crippen LogP contribution in [0.25, 0.3) is 0 Å². The number of carbonyl (C=O) groups is 1. The molecule has 0 saturated carbocycles. The highest BCUT2D eigenvalue weighted by molar-refractivity contribution is 7.18. The van der Waals surface area contributed by atoms with Crippen LogP contribution in [0.5, 0.6) is 0 Å². The van der Waals surface area contributed by atoms with Gasteiger partial charge in [-0.25, -0.2) is 0 Å². The molecule has 5 heteroatoms. The third-order valence-electron chi connectivity index (χ3n) is 5.57. The number of anilines is 1. The molecular weight excluding hydrogens is 344 g/mol. The maximum atomic E-state index is 12.8. The lowest BCUT2D eigenvalue weighted by Gasteiger charge is -2.29. The minimum atomic E-state index is 0.0264. The number of fused-ring (bicyclic) bond motifs is 1. The molecule has 140 valence electrons. The molecule has 3 heterocycles. The van der Waals surface area contributed by atoms with Crippen molar-refractivity contribution in [3.8, 4) is 11.8 Å². The van der Waals surface area contributed by atoms with Crippen LogP contribution in [-0.4, -0.2) is 45.2 Å². The van der Waals surface area contributed by atoms with Crippen LogP contribution in [0.15, 0.2) is 0 Å². The summed E-state index contributed by atoms with van der Waals surface area (Å²) in [5.41, 5.74) is 2.37. The summed E-state index contributed by atoms with van der Waals surface area (Å²) in [5, 5.41) is 4.60. The number of Topliss-reactive ketones (excluding diaryl/α,β-unsaturated/α-hetero) is 1. The quantitative estimate of drug-likeness (QED) is 0.769. The highest BCUT2D eigenvalue weighted by atomic mass is 32.1. The molecule has 1 aromatic heterocycles. The van der Waals surface area contributed by atoms with Crippen LogP contribution in [0.3, 0.4) is 0 Å². The number of piperidine rings is 1. The largest absolute Gasteiger partial charge is 0.378 e. The van der Waals surface area contributed by atoms with E-state index in [0.29, 0.717) is 18.1 Å². The van der Waals surface area contributed by atoms with E-state index in [0.717, 1.165) is 69.1 Å². The number of carbonyl (C=O) groups excluding carboxylic acids is 1. The van der Waals surface area contributed by atoms with Gasteiger partial charge in [0, 0.05) is 25.4 Å². The molecule has 0 unspecified atom stereocenters. The van der Waals surface area contributed by atoms with Gasteiger partial charge >= 0.3 is 0 Å². The van der Waals surface area contributed by atoms with Gasteiger partial charge in [-0.2, -0.15) is 0 Å². The Morgan fingerprint density at radius 1 is 1.19 bits per heavy atom. The normalized spacial score (nSPS) is 23.3. The van der Waals surface area contributed by atoms with E-state index in [1.807, 2.05) is 0 Å². The van der Waals surface area contributed by atoms with Crippen molar-refractivity contribution in [1.82, 2.24) is 5.32 Å². The second kappa shape index (κ2) is 7.34. The number of nitrogens with zero attached hydrogens (tertiary/aromatic N) is 1. The van der Waals surface area contributed by atoms with Crippen molar-refractivity contribution in [3.63, 3.8) is 0 Å². The van der Waals surface area contributed by atoms with Gasteiger partial charge in [-0.3, -0.25) is 4.79 Å². The van der Waals surface area contributed by atoms with Crippen LogP contribution in [0.4, 0.5) is 5.00 Å². The molecule has 0 spiro atoms. The van der Waals surface area contributed by atoms with Crippen molar-refractivity contribution < 1.29 is 9.53 Å². The lowest BCUT2D eigenvalue weighted by atomic mass is 9.75. The summed E-state index contributed by atoms with van der Waals surface area (Å²) in [7, 11) is 0. The molecule has 4 rings (SSSR count). The lowest BCUT2D eigenvalue weighted by Crippen LogP contribution is -2.36. The van der Waals surface area contributed by atoms with E-state index in [1.54, 1.807) is 11.3 Å². The number of ether oxygens (including phenoxy) is 1. The number of thiophene rings is 1. The van der Waals surface area contributed by atoms with Crippen LogP contribution in [0.1, 0.15) is 53.9 Å². The van der Waals surface area contributed by atoms with E-state index in [-0.39, 0.29) is 5.41 Å².